The predicted molar refractivity (Wildman–Crippen MR) is 87.3 cm³/mol. The Morgan fingerprint density at radius 3 is 1.73 bits per heavy atom. The molecular weight excluding hydrogens is 288 g/mol. The third-order valence-corrected chi connectivity index (χ3v) is 5.66. The lowest BCUT2D eigenvalue weighted by atomic mass is 9.60. The van der Waals surface area contributed by atoms with Gasteiger partial charge in [-0.05, 0) is 29.2 Å². The van der Waals surface area contributed by atoms with Crippen LogP contribution in [0.2, 0.25) is 0 Å². The molecule has 0 aliphatic carbocycles. The van der Waals surface area contributed by atoms with E-state index in [1.165, 1.54) is 0 Å². The molecule has 0 amide bonds. The molecule has 1 aliphatic rings. The zero-order chi connectivity index (χ0) is 15.7. The van der Waals surface area contributed by atoms with Crippen molar-refractivity contribution in [2.75, 3.05) is 0 Å². The third-order valence-electron chi connectivity index (χ3n) is 4.51. The lowest BCUT2D eigenvalue weighted by Crippen LogP contribution is -2.42. The third kappa shape index (κ3) is 1.86. The summed E-state index contributed by atoms with van der Waals surface area (Å²) in [5, 5.41) is 19.3. The van der Waals surface area contributed by atoms with Crippen molar-refractivity contribution in [3.8, 4) is 12.1 Å². The van der Waals surface area contributed by atoms with Crippen molar-refractivity contribution in [1.82, 2.24) is 0 Å². The van der Waals surface area contributed by atoms with Gasteiger partial charge < -0.3 is 0 Å². The molecule has 0 bridgehead atoms. The second-order valence-electron chi connectivity index (χ2n) is 5.81. The van der Waals surface area contributed by atoms with Gasteiger partial charge in [0.2, 0.25) is 0 Å². The molecular formula is C19H16N2S. The maximum absolute atomic E-state index is 9.66. The Labute approximate surface area is 135 Å². The minimum Gasteiger partial charge on any atom is -0.197 e. The summed E-state index contributed by atoms with van der Waals surface area (Å²) >= 11 is 1.72. The molecule has 22 heavy (non-hydrogen) atoms. The van der Waals surface area contributed by atoms with Crippen LogP contribution in [0.5, 0.6) is 0 Å². The molecule has 1 heterocycles. The first kappa shape index (κ1) is 14.7. The highest BCUT2D eigenvalue weighted by molar-refractivity contribution is 7.99. The minimum absolute atomic E-state index is 0.139. The molecule has 0 aromatic heterocycles. The standard InChI is InChI=1S/C19H16N2S/c1-13(2)19(14(11-20)12-21)15-7-3-5-9-17(15)22-18-10-6-4-8-16(18)19/h3-10,13-14H,1-2H3. The molecule has 2 aromatic carbocycles. The van der Waals surface area contributed by atoms with E-state index in [0.29, 0.717) is 0 Å². The quantitative estimate of drug-likeness (QED) is 0.804. The SMILES string of the molecule is CC(C)C1(C(C#N)C#N)c2ccccc2Sc2ccccc21. The van der Waals surface area contributed by atoms with Gasteiger partial charge in [-0.2, -0.15) is 10.5 Å². The van der Waals surface area contributed by atoms with E-state index in [4.69, 9.17) is 0 Å². The summed E-state index contributed by atoms with van der Waals surface area (Å²) in [6.45, 7) is 4.20. The summed E-state index contributed by atoms with van der Waals surface area (Å²) < 4.78 is 0. The van der Waals surface area contributed by atoms with Crippen molar-refractivity contribution >= 4 is 11.8 Å². The number of hydrogen-bond donors (Lipinski definition) is 0. The van der Waals surface area contributed by atoms with Gasteiger partial charge in [0.1, 0.15) is 5.92 Å². The number of benzene rings is 2. The van der Waals surface area contributed by atoms with E-state index in [-0.39, 0.29) is 5.92 Å². The van der Waals surface area contributed by atoms with E-state index in [9.17, 15) is 10.5 Å². The summed E-state index contributed by atoms with van der Waals surface area (Å²) in [7, 11) is 0. The van der Waals surface area contributed by atoms with Gasteiger partial charge in [-0.1, -0.05) is 62.0 Å². The average molecular weight is 304 g/mol. The molecule has 108 valence electrons. The molecule has 2 nitrogen and oxygen atoms in total. The summed E-state index contributed by atoms with van der Waals surface area (Å²) in [4.78, 5) is 2.29. The molecule has 0 unspecified atom stereocenters. The monoisotopic (exact) mass is 304 g/mol. The van der Waals surface area contributed by atoms with Crippen LogP contribution < -0.4 is 0 Å². The number of hydrogen-bond acceptors (Lipinski definition) is 3. The van der Waals surface area contributed by atoms with Crippen LogP contribution in [0, 0.1) is 34.5 Å². The van der Waals surface area contributed by atoms with E-state index in [1.54, 1.807) is 11.8 Å². The fourth-order valence-corrected chi connectivity index (χ4v) is 4.78. The molecule has 3 rings (SSSR count). The molecule has 0 saturated carbocycles. The van der Waals surface area contributed by atoms with E-state index in [2.05, 4.69) is 50.3 Å². The van der Waals surface area contributed by atoms with Crippen LogP contribution in [-0.2, 0) is 5.41 Å². The Morgan fingerprint density at radius 1 is 0.864 bits per heavy atom. The summed E-state index contributed by atoms with van der Waals surface area (Å²) in [6.07, 6.45) is 0. The summed E-state index contributed by atoms with van der Waals surface area (Å²) in [5.41, 5.74) is 1.62. The highest BCUT2D eigenvalue weighted by Gasteiger charge is 2.49. The molecule has 0 spiro atoms. The maximum Gasteiger partial charge on any atom is 0.147 e. The van der Waals surface area contributed by atoms with Gasteiger partial charge in [0, 0.05) is 9.79 Å². The molecule has 0 saturated heterocycles. The molecule has 1 aliphatic heterocycles. The van der Waals surface area contributed by atoms with Crippen LogP contribution in [0.3, 0.4) is 0 Å². The number of nitriles is 2. The van der Waals surface area contributed by atoms with Crippen LogP contribution in [0.4, 0.5) is 0 Å². The summed E-state index contributed by atoms with van der Waals surface area (Å²) in [6, 6.07) is 20.8. The molecule has 0 atom stereocenters. The zero-order valence-electron chi connectivity index (χ0n) is 12.6. The second kappa shape index (κ2) is 5.52. The first-order chi connectivity index (χ1) is 10.7. The topological polar surface area (TPSA) is 47.6 Å². The Kier molecular flexibility index (Phi) is 3.69. The molecule has 3 heteroatoms. The van der Waals surface area contributed by atoms with Gasteiger partial charge in [-0.3, -0.25) is 0 Å². The Morgan fingerprint density at radius 2 is 1.32 bits per heavy atom. The average Bonchev–Trinajstić information content (AvgIpc) is 2.54. The van der Waals surface area contributed by atoms with Crippen molar-refractivity contribution in [3.63, 3.8) is 0 Å². The molecule has 2 aromatic rings. The van der Waals surface area contributed by atoms with Crippen LogP contribution in [0.25, 0.3) is 0 Å². The smallest absolute Gasteiger partial charge is 0.147 e. The Balaban J connectivity index is 2.43. The number of fused-ring (bicyclic) bond motifs is 2. The van der Waals surface area contributed by atoms with Crippen molar-refractivity contribution in [2.45, 2.75) is 29.1 Å². The first-order valence-corrected chi connectivity index (χ1v) is 8.14. The van der Waals surface area contributed by atoms with Gasteiger partial charge in [0.05, 0.1) is 17.6 Å². The van der Waals surface area contributed by atoms with Gasteiger partial charge in [-0.15, -0.1) is 0 Å². The lowest BCUT2D eigenvalue weighted by Gasteiger charge is -2.44. The van der Waals surface area contributed by atoms with Crippen molar-refractivity contribution in [2.24, 2.45) is 11.8 Å². The van der Waals surface area contributed by atoms with E-state index < -0.39 is 11.3 Å². The van der Waals surface area contributed by atoms with Crippen molar-refractivity contribution < 1.29 is 0 Å². The van der Waals surface area contributed by atoms with Crippen LogP contribution in [0.1, 0.15) is 25.0 Å². The normalized spacial score (nSPS) is 14.8. The van der Waals surface area contributed by atoms with E-state index in [1.807, 2.05) is 24.3 Å². The maximum atomic E-state index is 9.66. The fraction of sp³-hybridized carbons (Fsp3) is 0.263. The second-order valence-corrected chi connectivity index (χ2v) is 6.89. The van der Waals surface area contributed by atoms with Crippen LogP contribution in [-0.4, -0.2) is 0 Å². The van der Waals surface area contributed by atoms with Gasteiger partial charge in [0.25, 0.3) is 0 Å². The van der Waals surface area contributed by atoms with E-state index in [0.717, 1.165) is 20.9 Å². The Hall–Kier alpha value is -2.23. The number of nitrogens with zero attached hydrogens (tertiary/aromatic N) is 2. The largest absolute Gasteiger partial charge is 0.197 e. The molecule has 0 fully saturated rings. The highest BCUT2D eigenvalue weighted by Crippen LogP contribution is 2.55. The molecule has 0 N–H and O–H groups in total. The molecule has 0 radical (unpaired) electrons. The van der Waals surface area contributed by atoms with Gasteiger partial charge in [-0.25, -0.2) is 0 Å². The van der Waals surface area contributed by atoms with Crippen LogP contribution >= 0.6 is 11.8 Å². The fourth-order valence-electron chi connectivity index (χ4n) is 3.56. The predicted octanol–water partition coefficient (Wildman–Crippen LogP) is 4.76. The Bertz CT molecular complexity index is 736. The number of rotatable bonds is 2. The van der Waals surface area contributed by atoms with Gasteiger partial charge >= 0.3 is 0 Å². The first-order valence-electron chi connectivity index (χ1n) is 7.32. The summed E-state index contributed by atoms with van der Waals surface area (Å²) in [5.74, 6) is -0.573. The van der Waals surface area contributed by atoms with E-state index >= 15 is 0 Å². The van der Waals surface area contributed by atoms with Crippen LogP contribution in [0.15, 0.2) is 58.3 Å². The zero-order valence-corrected chi connectivity index (χ0v) is 13.4. The highest BCUT2D eigenvalue weighted by atomic mass is 32.2. The lowest BCUT2D eigenvalue weighted by molar-refractivity contribution is 0.316. The minimum atomic E-state index is -0.712. The van der Waals surface area contributed by atoms with Gasteiger partial charge in [0.15, 0.2) is 0 Å². The van der Waals surface area contributed by atoms with Crippen molar-refractivity contribution in [1.29, 1.82) is 10.5 Å². The van der Waals surface area contributed by atoms with Crippen molar-refractivity contribution in [3.05, 3.63) is 59.7 Å².